The van der Waals surface area contributed by atoms with Crippen molar-refractivity contribution in [3.05, 3.63) is 69.1 Å². The Morgan fingerprint density at radius 2 is 1.89 bits per heavy atom. The lowest BCUT2D eigenvalue weighted by Crippen LogP contribution is -2.27. The summed E-state index contributed by atoms with van der Waals surface area (Å²) in [6.07, 6.45) is 0. The van der Waals surface area contributed by atoms with E-state index in [9.17, 15) is 9.18 Å². The predicted molar refractivity (Wildman–Crippen MR) is 99.3 cm³/mol. The van der Waals surface area contributed by atoms with Gasteiger partial charge < -0.3 is 9.42 Å². The summed E-state index contributed by atoms with van der Waals surface area (Å²) in [5.74, 6) is 0.142. The second-order valence-corrected chi connectivity index (χ2v) is 6.86. The van der Waals surface area contributed by atoms with E-state index in [0.717, 1.165) is 16.8 Å². The van der Waals surface area contributed by atoms with Crippen molar-refractivity contribution in [3.8, 4) is 0 Å². The number of carbonyl (C=O) groups excluding carboxylic acids is 1. The van der Waals surface area contributed by atoms with E-state index in [1.807, 2.05) is 13.8 Å². The van der Waals surface area contributed by atoms with Gasteiger partial charge in [-0.3, -0.25) is 4.79 Å². The second-order valence-electron chi connectivity index (χ2n) is 6.50. The van der Waals surface area contributed by atoms with E-state index >= 15 is 0 Å². The van der Waals surface area contributed by atoms with Gasteiger partial charge in [-0.2, -0.15) is 5.10 Å². The van der Waals surface area contributed by atoms with Crippen LogP contribution in [0.1, 0.15) is 38.6 Å². The van der Waals surface area contributed by atoms with Gasteiger partial charge in [-0.15, -0.1) is 0 Å². The van der Waals surface area contributed by atoms with E-state index in [4.69, 9.17) is 16.1 Å². The number of benzene rings is 1. The zero-order valence-corrected chi connectivity index (χ0v) is 16.3. The lowest BCUT2D eigenvalue weighted by molar-refractivity contribution is 0.0784. The number of nitrogens with zero attached hydrogens (tertiary/aromatic N) is 4. The third-order valence-electron chi connectivity index (χ3n) is 4.45. The maximum Gasteiger partial charge on any atom is 0.258 e. The van der Waals surface area contributed by atoms with Crippen molar-refractivity contribution in [2.24, 2.45) is 0 Å². The summed E-state index contributed by atoms with van der Waals surface area (Å²) in [7, 11) is 1.70. The zero-order valence-electron chi connectivity index (χ0n) is 15.6. The molecular formula is C19H20ClFN4O2. The number of hydrogen-bond donors (Lipinski definition) is 0. The predicted octanol–water partition coefficient (Wildman–Crippen LogP) is 3.91. The smallest absolute Gasteiger partial charge is 0.258 e. The van der Waals surface area contributed by atoms with E-state index in [1.165, 1.54) is 12.1 Å². The Kier molecular flexibility index (Phi) is 5.32. The average molecular weight is 391 g/mol. The van der Waals surface area contributed by atoms with E-state index in [1.54, 1.807) is 35.7 Å². The maximum absolute atomic E-state index is 13.1. The summed E-state index contributed by atoms with van der Waals surface area (Å²) < 4.78 is 19.8. The first-order valence-corrected chi connectivity index (χ1v) is 8.80. The average Bonchev–Trinajstić information content (AvgIpc) is 3.09. The van der Waals surface area contributed by atoms with Crippen molar-refractivity contribution < 1.29 is 13.7 Å². The van der Waals surface area contributed by atoms with Crippen LogP contribution in [0.2, 0.25) is 5.15 Å². The molecule has 0 radical (unpaired) electrons. The molecule has 0 fully saturated rings. The Morgan fingerprint density at radius 1 is 1.22 bits per heavy atom. The van der Waals surface area contributed by atoms with Gasteiger partial charge in [0.05, 0.1) is 30.0 Å². The number of carbonyl (C=O) groups is 1. The molecule has 3 rings (SSSR count). The third kappa shape index (κ3) is 3.88. The summed E-state index contributed by atoms with van der Waals surface area (Å²) in [6, 6.07) is 6.08. The van der Waals surface area contributed by atoms with Crippen molar-refractivity contribution in [1.82, 2.24) is 19.8 Å². The molecule has 0 atom stereocenters. The molecular weight excluding hydrogens is 371 g/mol. The standard InChI is InChI=1S/C19H20ClFN4O2/c1-11-16(13(3)27-23-11)10-24(4)19(26)17-12(2)22-25(18(17)20)9-14-5-7-15(21)8-6-14/h5-8H,9-10H2,1-4H3. The van der Waals surface area contributed by atoms with Crippen LogP contribution in [-0.4, -0.2) is 32.8 Å². The van der Waals surface area contributed by atoms with Crippen molar-refractivity contribution in [2.45, 2.75) is 33.9 Å². The Labute approximate surface area is 161 Å². The Hall–Kier alpha value is -2.67. The normalized spacial score (nSPS) is 11.0. The molecule has 0 spiro atoms. The number of amides is 1. The zero-order chi connectivity index (χ0) is 19.7. The van der Waals surface area contributed by atoms with E-state index in [2.05, 4.69) is 10.3 Å². The maximum atomic E-state index is 13.1. The first-order valence-electron chi connectivity index (χ1n) is 8.42. The molecule has 0 aliphatic heterocycles. The molecule has 0 N–H and O–H groups in total. The van der Waals surface area contributed by atoms with Crippen molar-refractivity contribution in [1.29, 1.82) is 0 Å². The molecule has 2 heterocycles. The molecule has 0 aliphatic carbocycles. The van der Waals surface area contributed by atoms with Gasteiger partial charge in [0.15, 0.2) is 0 Å². The van der Waals surface area contributed by atoms with Gasteiger partial charge in [0.25, 0.3) is 5.91 Å². The molecule has 1 amide bonds. The summed E-state index contributed by atoms with van der Waals surface area (Å²) >= 11 is 6.44. The molecule has 3 aromatic rings. The lowest BCUT2D eigenvalue weighted by atomic mass is 10.1. The topological polar surface area (TPSA) is 64.2 Å². The highest BCUT2D eigenvalue weighted by atomic mass is 35.5. The van der Waals surface area contributed by atoms with Gasteiger partial charge in [0.2, 0.25) is 0 Å². The minimum absolute atomic E-state index is 0.233. The van der Waals surface area contributed by atoms with Crippen molar-refractivity contribution in [3.63, 3.8) is 0 Å². The third-order valence-corrected chi connectivity index (χ3v) is 4.83. The summed E-state index contributed by atoms with van der Waals surface area (Å²) in [6.45, 7) is 6.10. The number of rotatable bonds is 5. The molecule has 6 nitrogen and oxygen atoms in total. The highest BCUT2D eigenvalue weighted by molar-refractivity contribution is 6.33. The van der Waals surface area contributed by atoms with Gasteiger partial charge in [0.1, 0.15) is 16.7 Å². The van der Waals surface area contributed by atoms with Crippen LogP contribution in [0.25, 0.3) is 0 Å². The first kappa shape index (κ1) is 19.1. The van der Waals surface area contributed by atoms with Crippen molar-refractivity contribution in [2.75, 3.05) is 7.05 Å². The van der Waals surface area contributed by atoms with E-state index in [-0.39, 0.29) is 16.9 Å². The molecule has 1 aromatic carbocycles. The monoisotopic (exact) mass is 390 g/mol. The number of aromatic nitrogens is 3. The SMILES string of the molecule is Cc1noc(C)c1CN(C)C(=O)c1c(C)nn(Cc2ccc(F)cc2)c1Cl. The number of halogens is 2. The summed E-state index contributed by atoms with van der Waals surface area (Å²) in [4.78, 5) is 14.5. The molecule has 8 heteroatoms. The van der Waals surface area contributed by atoms with E-state index in [0.29, 0.717) is 30.1 Å². The Balaban J connectivity index is 1.82. The van der Waals surface area contributed by atoms with E-state index < -0.39 is 0 Å². The first-order chi connectivity index (χ1) is 12.8. The van der Waals surface area contributed by atoms with Crippen molar-refractivity contribution >= 4 is 17.5 Å². The van der Waals surface area contributed by atoms with Crippen LogP contribution >= 0.6 is 11.6 Å². The fourth-order valence-corrected chi connectivity index (χ4v) is 3.21. The van der Waals surface area contributed by atoms with Gasteiger partial charge in [-0.1, -0.05) is 28.9 Å². The van der Waals surface area contributed by atoms with Crippen LogP contribution in [0, 0.1) is 26.6 Å². The second kappa shape index (κ2) is 7.52. The fourth-order valence-electron chi connectivity index (χ4n) is 2.89. The highest BCUT2D eigenvalue weighted by Gasteiger charge is 2.24. The van der Waals surface area contributed by atoms with Gasteiger partial charge in [-0.05, 0) is 38.5 Å². The Morgan fingerprint density at radius 3 is 2.48 bits per heavy atom. The van der Waals surface area contributed by atoms with Crippen LogP contribution in [-0.2, 0) is 13.1 Å². The van der Waals surface area contributed by atoms with Gasteiger partial charge in [-0.25, -0.2) is 9.07 Å². The molecule has 0 saturated carbocycles. The molecule has 27 heavy (non-hydrogen) atoms. The highest BCUT2D eigenvalue weighted by Crippen LogP contribution is 2.24. The van der Waals surface area contributed by atoms with Crippen LogP contribution < -0.4 is 0 Å². The molecule has 0 saturated heterocycles. The largest absolute Gasteiger partial charge is 0.361 e. The fraction of sp³-hybridized carbons (Fsp3) is 0.316. The minimum Gasteiger partial charge on any atom is -0.361 e. The summed E-state index contributed by atoms with van der Waals surface area (Å²) in [5.41, 5.74) is 3.36. The molecule has 0 aliphatic rings. The van der Waals surface area contributed by atoms with Crippen LogP contribution in [0.3, 0.4) is 0 Å². The minimum atomic E-state index is -0.307. The van der Waals surface area contributed by atoms with Crippen LogP contribution in [0.5, 0.6) is 0 Å². The number of hydrogen-bond acceptors (Lipinski definition) is 4. The molecule has 142 valence electrons. The quantitative estimate of drug-likeness (QED) is 0.662. The summed E-state index contributed by atoms with van der Waals surface area (Å²) in [5, 5.41) is 8.54. The molecule has 0 bridgehead atoms. The lowest BCUT2D eigenvalue weighted by Gasteiger charge is -2.17. The van der Waals surface area contributed by atoms with Crippen LogP contribution in [0.15, 0.2) is 28.8 Å². The van der Waals surface area contributed by atoms with Gasteiger partial charge in [0, 0.05) is 12.6 Å². The number of aryl methyl sites for hydroxylation is 3. The van der Waals surface area contributed by atoms with Gasteiger partial charge >= 0.3 is 0 Å². The van der Waals surface area contributed by atoms with Crippen LogP contribution in [0.4, 0.5) is 4.39 Å². The molecule has 0 unspecified atom stereocenters. The Bertz CT molecular complexity index is 959. The molecule has 2 aromatic heterocycles.